The van der Waals surface area contributed by atoms with E-state index >= 15 is 0 Å². The molecule has 6 heteroatoms. The van der Waals surface area contributed by atoms with E-state index in [0.29, 0.717) is 19.4 Å². The molecule has 1 heterocycles. The maximum absolute atomic E-state index is 12.4. The molecule has 0 aromatic heterocycles. The fourth-order valence-corrected chi connectivity index (χ4v) is 3.32. The second-order valence-corrected chi connectivity index (χ2v) is 5.86. The van der Waals surface area contributed by atoms with Crippen LogP contribution in [0.5, 0.6) is 0 Å². The Morgan fingerprint density at radius 3 is 2.40 bits per heavy atom. The second-order valence-electron chi connectivity index (χ2n) is 5.86. The molecule has 2 aliphatic rings. The summed E-state index contributed by atoms with van der Waals surface area (Å²) < 4.78 is 0. The number of nitrogens with two attached hydrogens (primary N) is 2. The summed E-state index contributed by atoms with van der Waals surface area (Å²) in [5, 5.41) is 9.04. The van der Waals surface area contributed by atoms with E-state index in [1.807, 2.05) is 0 Å². The topological polar surface area (TPSA) is 113 Å². The molecule has 0 aromatic rings. The quantitative estimate of drug-likeness (QED) is 0.763. The molecule has 2 fully saturated rings. The van der Waals surface area contributed by atoms with Gasteiger partial charge in [-0.3, -0.25) is 9.59 Å². The average molecular weight is 278 g/mol. The highest BCUT2D eigenvalue weighted by molar-refractivity contribution is 5.83. The number of nitrogens with zero attached hydrogens (tertiary/aromatic N) is 2. The summed E-state index contributed by atoms with van der Waals surface area (Å²) in [5.41, 5.74) is 11.4. The first kappa shape index (κ1) is 14.8. The number of hydrogen-bond acceptors (Lipinski definition) is 4. The Balaban J connectivity index is 1.92. The summed E-state index contributed by atoms with van der Waals surface area (Å²) in [6.45, 7) is 0.626. The number of nitriles is 1. The van der Waals surface area contributed by atoms with Crippen LogP contribution >= 0.6 is 0 Å². The van der Waals surface area contributed by atoms with Crippen molar-refractivity contribution in [2.45, 2.75) is 50.6 Å². The Bertz CT molecular complexity index is 423. The Morgan fingerprint density at radius 2 is 1.85 bits per heavy atom. The lowest BCUT2D eigenvalue weighted by atomic mass is 9.78. The number of rotatable bonds is 3. The van der Waals surface area contributed by atoms with E-state index in [2.05, 4.69) is 6.07 Å². The largest absolute Gasteiger partial charge is 0.369 e. The van der Waals surface area contributed by atoms with Gasteiger partial charge in [0.05, 0.1) is 12.1 Å². The molecule has 0 aromatic carbocycles. The van der Waals surface area contributed by atoms with Gasteiger partial charge in [-0.05, 0) is 44.4 Å². The molecule has 0 bridgehead atoms. The molecule has 6 nitrogen and oxygen atoms in total. The molecular formula is C14H22N4O2. The van der Waals surface area contributed by atoms with Crippen molar-refractivity contribution in [2.75, 3.05) is 6.54 Å². The smallest absolute Gasteiger partial charge is 0.240 e. The predicted octanol–water partition coefficient (Wildman–Crippen LogP) is 0.120. The third kappa shape index (κ3) is 2.93. The molecule has 0 unspecified atom stereocenters. The van der Waals surface area contributed by atoms with Crippen LogP contribution in [-0.2, 0) is 9.59 Å². The second kappa shape index (κ2) is 6.23. The van der Waals surface area contributed by atoms with Crippen molar-refractivity contribution >= 4 is 11.8 Å². The van der Waals surface area contributed by atoms with E-state index in [1.54, 1.807) is 4.90 Å². The molecule has 2 rings (SSSR count). The van der Waals surface area contributed by atoms with Crippen LogP contribution in [0.2, 0.25) is 0 Å². The van der Waals surface area contributed by atoms with Crippen LogP contribution in [0.4, 0.5) is 0 Å². The van der Waals surface area contributed by atoms with Gasteiger partial charge in [-0.15, -0.1) is 0 Å². The number of likely N-dealkylation sites (tertiary alicyclic amines) is 1. The van der Waals surface area contributed by atoms with Gasteiger partial charge in [-0.25, -0.2) is 0 Å². The van der Waals surface area contributed by atoms with Crippen molar-refractivity contribution in [3.63, 3.8) is 0 Å². The predicted molar refractivity (Wildman–Crippen MR) is 73.0 cm³/mol. The molecule has 2 atom stereocenters. The molecule has 20 heavy (non-hydrogen) atoms. The molecule has 1 saturated heterocycles. The molecule has 0 spiro atoms. The van der Waals surface area contributed by atoms with Gasteiger partial charge in [0.15, 0.2) is 0 Å². The molecule has 110 valence electrons. The zero-order chi connectivity index (χ0) is 14.7. The summed E-state index contributed by atoms with van der Waals surface area (Å²) in [6.07, 6.45) is 4.54. The van der Waals surface area contributed by atoms with Crippen molar-refractivity contribution in [1.29, 1.82) is 5.26 Å². The highest BCUT2D eigenvalue weighted by Crippen LogP contribution is 2.31. The highest BCUT2D eigenvalue weighted by atomic mass is 16.2. The number of hydrogen-bond donors (Lipinski definition) is 2. The monoisotopic (exact) mass is 278 g/mol. The third-order valence-electron chi connectivity index (χ3n) is 4.65. The van der Waals surface area contributed by atoms with Crippen molar-refractivity contribution in [3.05, 3.63) is 0 Å². The molecule has 2 amide bonds. The van der Waals surface area contributed by atoms with Crippen LogP contribution in [-0.4, -0.2) is 35.3 Å². The van der Waals surface area contributed by atoms with E-state index in [4.69, 9.17) is 16.7 Å². The Hall–Kier alpha value is -1.61. The number of carbonyl (C=O) groups is 2. The zero-order valence-electron chi connectivity index (χ0n) is 11.6. The van der Waals surface area contributed by atoms with Crippen molar-refractivity contribution in [3.8, 4) is 6.07 Å². The SMILES string of the molecule is N#C[C@@H]1CCCN1C(=O)[C@@H](N)C1CCC(C(N)=O)CC1. The summed E-state index contributed by atoms with van der Waals surface area (Å²) >= 11 is 0. The molecular weight excluding hydrogens is 256 g/mol. The van der Waals surface area contributed by atoms with E-state index in [9.17, 15) is 9.59 Å². The van der Waals surface area contributed by atoms with Gasteiger partial charge in [-0.1, -0.05) is 0 Å². The summed E-state index contributed by atoms with van der Waals surface area (Å²) in [7, 11) is 0. The van der Waals surface area contributed by atoms with E-state index in [1.165, 1.54) is 0 Å². The van der Waals surface area contributed by atoms with Crippen LogP contribution in [0.25, 0.3) is 0 Å². The minimum atomic E-state index is -0.558. The van der Waals surface area contributed by atoms with Crippen LogP contribution in [0.1, 0.15) is 38.5 Å². The first-order valence-electron chi connectivity index (χ1n) is 7.29. The lowest BCUT2D eigenvalue weighted by Gasteiger charge is -2.32. The van der Waals surface area contributed by atoms with E-state index in [-0.39, 0.29) is 29.7 Å². The minimum Gasteiger partial charge on any atom is -0.369 e. The van der Waals surface area contributed by atoms with Gasteiger partial charge >= 0.3 is 0 Å². The summed E-state index contributed by atoms with van der Waals surface area (Å²) in [4.78, 5) is 25.1. The number of primary amides is 1. The highest BCUT2D eigenvalue weighted by Gasteiger charge is 2.37. The average Bonchev–Trinajstić information content (AvgIpc) is 2.94. The maximum atomic E-state index is 12.4. The summed E-state index contributed by atoms with van der Waals surface area (Å²) in [6, 6.07) is 1.28. The first-order valence-corrected chi connectivity index (χ1v) is 7.29. The van der Waals surface area contributed by atoms with Gasteiger partial charge in [0, 0.05) is 12.5 Å². The number of amides is 2. The molecule has 4 N–H and O–H groups in total. The fraction of sp³-hybridized carbons (Fsp3) is 0.786. The zero-order valence-corrected chi connectivity index (χ0v) is 11.6. The third-order valence-corrected chi connectivity index (χ3v) is 4.65. The molecule has 1 aliphatic heterocycles. The maximum Gasteiger partial charge on any atom is 0.240 e. The lowest BCUT2D eigenvalue weighted by Crippen LogP contribution is -2.50. The van der Waals surface area contributed by atoms with E-state index in [0.717, 1.165) is 25.7 Å². The summed E-state index contributed by atoms with van der Waals surface area (Å²) in [5.74, 6) is -0.353. The molecule has 1 saturated carbocycles. The minimum absolute atomic E-state index is 0.0767. The Kier molecular flexibility index (Phi) is 4.61. The Morgan fingerprint density at radius 1 is 1.20 bits per heavy atom. The van der Waals surface area contributed by atoms with Gasteiger partial charge in [0.2, 0.25) is 11.8 Å². The standard InChI is InChI=1S/C14H22N4O2/c15-8-11-2-1-7-18(11)14(20)12(16)9-3-5-10(6-4-9)13(17)19/h9-12H,1-7,16H2,(H2,17,19)/t9?,10?,11-,12-/m0/s1. The first-order chi connectivity index (χ1) is 9.54. The van der Waals surface area contributed by atoms with Crippen LogP contribution in [0, 0.1) is 23.2 Å². The van der Waals surface area contributed by atoms with Crippen LogP contribution in [0.15, 0.2) is 0 Å². The van der Waals surface area contributed by atoms with Gasteiger partial charge in [0.1, 0.15) is 6.04 Å². The van der Waals surface area contributed by atoms with Crippen molar-refractivity contribution in [2.24, 2.45) is 23.3 Å². The van der Waals surface area contributed by atoms with Gasteiger partial charge in [-0.2, -0.15) is 5.26 Å². The van der Waals surface area contributed by atoms with Crippen LogP contribution in [0.3, 0.4) is 0 Å². The van der Waals surface area contributed by atoms with Crippen LogP contribution < -0.4 is 11.5 Å². The van der Waals surface area contributed by atoms with Crippen molar-refractivity contribution < 1.29 is 9.59 Å². The van der Waals surface area contributed by atoms with E-state index < -0.39 is 6.04 Å². The fourth-order valence-electron chi connectivity index (χ4n) is 3.32. The van der Waals surface area contributed by atoms with Gasteiger partial charge in [0.25, 0.3) is 0 Å². The van der Waals surface area contributed by atoms with Crippen molar-refractivity contribution in [1.82, 2.24) is 4.90 Å². The lowest BCUT2D eigenvalue weighted by molar-refractivity contribution is -0.134. The Labute approximate surface area is 119 Å². The molecule has 1 aliphatic carbocycles. The normalized spacial score (nSPS) is 31.6. The molecule has 0 radical (unpaired) electrons. The van der Waals surface area contributed by atoms with Gasteiger partial charge < -0.3 is 16.4 Å². The number of carbonyl (C=O) groups excluding carboxylic acids is 2.